The van der Waals surface area contributed by atoms with Crippen LogP contribution in [0.3, 0.4) is 0 Å². The topological polar surface area (TPSA) is 71.7 Å². The molecule has 0 spiro atoms. The van der Waals surface area contributed by atoms with E-state index < -0.39 is 17.8 Å². The van der Waals surface area contributed by atoms with Crippen LogP contribution < -0.4 is 10.1 Å². The van der Waals surface area contributed by atoms with Crippen LogP contribution in [0.5, 0.6) is 5.75 Å². The first-order valence-corrected chi connectivity index (χ1v) is 7.86. The van der Waals surface area contributed by atoms with Gasteiger partial charge in [0.15, 0.2) is 5.76 Å². The summed E-state index contributed by atoms with van der Waals surface area (Å²) < 4.78 is 24.0. The molecule has 1 heterocycles. The molecule has 0 fully saturated rings. The number of rotatable bonds is 6. The minimum Gasteiger partial charge on any atom is -0.491 e. The molecule has 0 radical (unpaired) electrons. The van der Waals surface area contributed by atoms with E-state index in [4.69, 9.17) is 9.15 Å². The third-order valence-corrected chi connectivity index (χ3v) is 3.63. The Morgan fingerprint density at radius 1 is 1.28 bits per heavy atom. The van der Waals surface area contributed by atoms with Gasteiger partial charge in [-0.2, -0.15) is 0 Å². The van der Waals surface area contributed by atoms with Crippen LogP contribution >= 0.6 is 0 Å². The second kappa shape index (κ2) is 7.36. The molecule has 2 aromatic carbocycles. The molecule has 130 valence electrons. The highest BCUT2D eigenvalue weighted by molar-refractivity contribution is 5.96. The lowest BCUT2D eigenvalue weighted by atomic mass is 10.2. The SMILES string of the molecule is Cc1cccc(OCC(O)CNC(=O)c2cc3cc(F)ccc3o2)c1. The third-order valence-electron chi connectivity index (χ3n) is 3.63. The van der Waals surface area contributed by atoms with Crippen molar-refractivity contribution in [3.05, 3.63) is 65.7 Å². The van der Waals surface area contributed by atoms with Gasteiger partial charge >= 0.3 is 0 Å². The summed E-state index contributed by atoms with van der Waals surface area (Å²) in [4.78, 5) is 12.1. The lowest BCUT2D eigenvalue weighted by Gasteiger charge is -2.13. The number of aryl methyl sites for hydroxylation is 1. The van der Waals surface area contributed by atoms with Crippen LogP contribution in [0.25, 0.3) is 11.0 Å². The largest absolute Gasteiger partial charge is 0.491 e. The average Bonchev–Trinajstić information content (AvgIpc) is 3.01. The van der Waals surface area contributed by atoms with Crippen LogP contribution in [-0.4, -0.2) is 30.3 Å². The first kappa shape index (κ1) is 17.0. The van der Waals surface area contributed by atoms with E-state index in [9.17, 15) is 14.3 Å². The molecule has 1 atom stereocenters. The van der Waals surface area contributed by atoms with Crippen molar-refractivity contribution in [2.75, 3.05) is 13.2 Å². The number of furan rings is 1. The number of hydrogen-bond donors (Lipinski definition) is 2. The summed E-state index contributed by atoms with van der Waals surface area (Å²) in [5, 5.41) is 13.0. The maximum Gasteiger partial charge on any atom is 0.287 e. The molecule has 5 nitrogen and oxygen atoms in total. The van der Waals surface area contributed by atoms with E-state index in [0.29, 0.717) is 16.7 Å². The summed E-state index contributed by atoms with van der Waals surface area (Å²) >= 11 is 0. The van der Waals surface area contributed by atoms with Crippen molar-refractivity contribution < 1.29 is 23.4 Å². The number of nitrogens with one attached hydrogen (secondary N) is 1. The first-order chi connectivity index (χ1) is 12.0. The zero-order valence-corrected chi connectivity index (χ0v) is 13.7. The number of carbonyl (C=O) groups excluding carboxylic acids is 1. The van der Waals surface area contributed by atoms with Gasteiger partial charge in [0.1, 0.15) is 29.9 Å². The minimum absolute atomic E-state index is 0.00998. The van der Waals surface area contributed by atoms with E-state index in [2.05, 4.69) is 5.32 Å². The molecular formula is C19H18FNO4. The van der Waals surface area contributed by atoms with Crippen LogP contribution in [0.1, 0.15) is 16.1 Å². The Hall–Kier alpha value is -2.86. The van der Waals surface area contributed by atoms with Gasteiger partial charge in [0, 0.05) is 11.9 Å². The van der Waals surface area contributed by atoms with Gasteiger partial charge in [-0.1, -0.05) is 12.1 Å². The lowest BCUT2D eigenvalue weighted by molar-refractivity contribution is 0.0823. The van der Waals surface area contributed by atoms with E-state index in [0.717, 1.165) is 5.56 Å². The summed E-state index contributed by atoms with van der Waals surface area (Å²) in [7, 11) is 0. The number of aliphatic hydroxyl groups excluding tert-OH is 1. The van der Waals surface area contributed by atoms with Gasteiger partial charge in [0.2, 0.25) is 0 Å². The van der Waals surface area contributed by atoms with Gasteiger partial charge in [-0.15, -0.1) is 0 Å². The number of amides is 1. The van der Waals surface area contributed by atoms with Gasteiger partial charge < -0.3 is 19.6 Å². The molecule has 25 heavy (non-hydrogen) atoms. The number of aliphatic hydroxyl groups is 1. The van der Waals surface area contributed by atoms with Gasteiger partial charge in [0.25, 0.3) is 5.91 Å². The second-order valence-corrected chi connectivity index (χ2v) is 5.78. The zero-order chi connectivity index (χ0) is 17.8. The van der Waals surface area contributed by atoms with E-state index in [-0.39, 0.29) is 18.9 Å². The molecule has 2 N–H and O–H groups in total. The van der Waals surface area contributed by atoms with Crippen molar-refractivity contribution in [1.29, 1.82) is 0 Å². The summed E-state index contributed by atoms with van der Waals surface area (Å²) in [6, 6.07) is 13.0. The van der Waals surface area contributed by atoms with Crippen molar-refractivity contribution in [3.8, 4) is 5.75 Å². The molecule has 0 aliphatic rings. The maximum absolute atomic E-state index is 13.2. The molecule has 3 rings (SSSR count). The Balaban J connectivity index is 1.52. The molecule has 3 aromatic rings. The Morgan fingerprint density at radius 3 is 2.92 bits per heavy atom. The number of ether oxygens (including phenoxy) is 1. The standard InChI is InChI=1S/C19H18FNO4/c1-12-3-2-4-16(7-12)24-11-15(22)10-21-19(23)18-9-13-8-14(20)5-6-17(13)25-18/h2-9,15,22H,10-11H2,1H3,(H,21,23). The molecule has 0 saturated carbocycles. The Bertz CT molecular complexity index is 890. The van der Waals surface area contributed by atoms with E-state index in [1.54, 1.807) is 6.07 Å². The molecule has 0 bridgehead atoms. The van der Waals surface area contributed by atoms with Crippen molar-refractivity contribution in [1.82, 2.24) is 5.32 Å². The van der Waals surface area contributed by atoms with Crippen molar-refractivity contribution >= 4 is 16.9 Å². The highest BCUT2D eigenvalue weighted by atomic mass is 19.1. The number of carbonyl (C=O) groups is 1. The predicted molar refractivity (Wildman–Crippen MR) is 91.2 cm³/mol. The number of benzene rings is 2. The number of halogens is 1. The van der Waals surface area contributed by atoms with Gasteiger partial charge in [-0.3, -0.25) is 4.79 Å². The lowest BCUT2D eigenvalue weighted by Crippen LogP contribution is -2.35. The molecule has 0 aliphatic carbocycles. The summed E-state index contributed by atoms with van der Waals surface area (Å²) in [5.74, 6) is -0.160. The number of fused-ring (bicyclic) bond motifs is 1. The highest BCUT2D eigenvalue weighted by Gasteiger charge is 2.14. The third kappa shape index (κ3) is 4.36. The average molecular weight is 343 g/mol. The van der Waals surface area contributed by atoms with Crippen LogP contribution in [0.4, 0.5) is 4.39 Å². The normalized spacial score (nSPS) is 12.1. The quantitative estimate of drug-likeness (QED) is 0.722. The molecular weight excluding hydrogens is 325 g/mol. The van der Waals surface area contributed by atoms with Crippen molar-refractivity contribution in [2.24, 2.45) is 0 Å². The predicted octanol–water partition coefficient (Wildman–Crippen LogP) is 3.05. The van der Waals surface area contributed by atoms with Crippen molar-refractivity contribution in [2.45, 2.75) is 13.0 Å². The minimum atomic E-state index is -0.869. The van der Waals surface area contributed by atoms with E-state index in [1.165, 1.54) is 24.3 Å². The maximum atomic E-state index is 13.2. The smallest absolute Gasteiger partial charge is 0.287 e. The molecule has 0 saturated heterocycles. The van der Waals surface area contributed by atoms with Gasteiger partial charge in [-0.05, 0) is 48.9 Å². The Kier molecular flexibility index (Phi) is 5.00. The Morgan fingerprint density at radius 2 is 2.12 bits per heavy atom. The summed E-state index contributed by atoms with van der Waals surface area (Å²) in [5.41, 5.74) is 1.48. The summed E-state index contributed by atoms with van der Waals surface area (Å²) in [6.45, 7) is 2.01. The number of hydrogen-bond acceptors (Lipinski definition) is 4. The molecule has 1 unspecified atom stereocenters. The van der Waals surface area contributed by atoms with Gasteiger partial charge in [-0.25, -0.2) is 4.39 Å². The van der Waals surface area contributed by atoms with Crippen LogP contribution in [0.2, 0.25) is 0 Å². The molecule has 1 aromatic heterocycles. The molecule has 6 heteroatoms. The van der Waals surface area contributed by atoms with Crippen LogP contribution in [-0.2, 0) is 0 Å². The van der Waals surface area contributed by atoms with E-state index >= 15 is 0 Å². The molecule has 1 amide bonds. The summed E-state index contributed by atoms with van der Waals surface area (Å²) in [6.07, 6.45) is -0.869. The van der Waals surface area contributed by atoms with Crippen LogP contribution in [0, 0.1) is 12.7 Å². The fourth-order valence-corrected chi connectivity index (χ4v) is 2.38. The fraction of sp³-hybridized carbons (Fsp3) is 0.211. The van der Waals surface area contributed by atoms with Gasteiger partial charge in [0.05, 0.1) is 0 Å². The molecule has 0 aliphatic heterocycles. The monoisotopic (exact) mass is 343 g/mol. The zero-order valence-electron chi connectivity index (χ0n) is 13.7. The Labute approximate surface area is 144 Å². The van der Waals surface area contributed by atoms with Crippen molar-refractivity contribution in [3.63, 3.8) is 0 Å². The van der Waals surface area contributed by atoms with Crippen LogP contribution in [0.15, 0.2) is 52.9 Å². The first-order valence-electron chi connectivity index (χ1n) is 7.86. The fourth-order valence-electron chi connectivity index (χ4n) is 2.38. The van der Waals surface area contributed by atoms with E-state index in [1.807, 2.05) is 25.1 Å². The second-order valence-electron chi connectivity index (χ2n) is 5.78. The highest BCUT2D eigenvalue weighted by Crippen LogP contribution is 2.20.